The van der Waals surface area contributed by atoms with Gasteiger partial charge in [-0.2, -0.15) is 0 Å². The normalized spacial score (nSPS) is 13.6. The van der Waals surface area contributed by atoms with Crippen molar-refractivity contribution in [2.45, 2.75) is 31.6 Å². The Morgan fingerprint density at radius 1 is 1.21 bits per heavy atom. The second kappa shape index (κ2) is 4.56. The van der Waals surface area contributed by atoms with Gasteiger partial charge in [-0.05, 0) is 11.1 Å². The zero-order valence-corrected chi connectivity index (χ0v) is 10.2. The highest BCUT2D eigenvalue weighted by atomic mass is 28.3. The number of carbonyl (C=O) groups is 1. The van der Waals surface area contributed by atoms with E-state index in [0.717, 1.165) is 6.29 Å². The molecule has 1 aromatic carbocycles. The Morgan fingerprint density at radius 2 is 1.79 bits per heavy atom. The maximum absolute atomic E-state index is 10.7. The van der Waals surface area contributed by atoms with Crippen LogP contribution in [0.3, 0.4) is 0 Å². The maximum atomic E-state index is 10.7. The second-order valence-corrected chi connectivity index (χ2v) is 10.2. The van der Waals surface area contributed by atoms with E-state index in [1.807, 2.05) is 18.2 Å². The van der Waals surface area contributed by atoms with E-state index < -0.39 is 8.07 Å². The Labute approximate surface area is 87.2 Å². The summed E-state index contributed by atoms with van der Waals surface area (Å²) >= 11 is 0. The third-order valence-electron chi connectivity index (χ3n) is 2.58. The molecule has 1 aromatic rings. The molecule has 0 fully saturated rings. The van der Waals surface area contributed by atoms with Gasteiger partial charge >= 0.3 is 0 Å². The first-order valence-corrected chi connectivity index (χ1v) is 8.62. The molecule has 14 heavy (non-hydrogen) atoms. The van der Waals surface area contributed by atoms with Crippen LogP contribution in [0.4, 0.5) is 0 Å². The molecule has 0 aliphatic heterocycles. The van der Waals surface area contributed by atoms with E-state index in [4.69, 9.17) is 0 Å². The molecule has 1 unspecified atom stereocenters. The lowest BCUT2D eigenvalue weighted by atomic mass is 10.1. The van der Waals surface area contributed by atoms with Crippen LogP contribution >= 0.6 is 0 Å². The minimum absolute atomic E-state index is 0.459. The SMILES string of the molecule is C[Si](C)(C)C(CC=O)c1ccccc1. The summed E-state index contributed by atoms with van der Waals surface area (Å²) in [6.07, 6.45) is 1.72. The standard InChI is InChI=1S/C12H18OSi/c1-14(2,3)12(9-10-13)11-7-5-4-6-8-11/h4-8,10,12H,9H2,1-3H3. The molecule has 1 atom stereocenters. The van der Waals surface area contributed by atoms with Crippen LogP contribution in [0.15, 0.2) is 30.3 Å². The highest BCUT2D eigenvalue weighted by Gasteiger charge is 2.27. The molecule has 0 saturated carbocycles. The third kappa shape index (κ3) is 2.81. The second-order valence-electron chi connectivity index (χ2n) is 4.73. The number of benzene rings is 1. The van der Waals surface area contributed by atoms with Crippen LogP contribution in [0.25, 0.3) is 0 Å². The Kier molecular flexibility index (Phi) is 3.64. The van der Waals surface area contributed by atoms with E-state index in [1.54, 1.807) is 0 Å². The van der Waals surface area contributed by atoms with Crippen molar-refractivity contribution in [2.75, 3.05) is 0 Å². The number of rotatable bonds is 4. The smallest absolute Gasteiger partial charge is 0.120 e. The summed E-state index contributed by atoms with van der Waals surface area (Å²) in [6, 6.07) is 10.4. The van der Waals surface area contributed by atoms with Crippen LogP contribution in [0.1, 0.15) is 17.5 Å². The van der Waals surface area contributed by atoms with E-state index in [1.165, 1.54) is 5.56 Å². The molecule has 0 amide bonds. The van der Waals surface area contributed by atoms with E-state index in [0.29, 0.717) is 12.0 Å². The summed E-state index contributed by atoms with van der Waals surface area (Å²) in [6.45, 7) is 6.94. The van der Waals surface area contributed by atoms with Crippen molar-refractivity contribution in [3.63, 3.8) is 0 Å². The topological polar surface area (TPSA) is 17.1 Å². The summed E-state index contributed by atoms with van der Waals surface area (Å²) in [5.41, 5.74) is 1.78. The Morgan fingerprint density at radius 3 is 2.21 bits per heavy atom. The largest absolute Gasteiger partial charge is 0.303 e. The van der Waals surface area contributed by atoms with E-state index in [-0.39, 0.29) is 0 Å². The van der Waals surface area contributed by atoms with Crippen molar-refractivity contribution >= 4 is 14.4 Å². The summed E-state index contributed by atoms with van der Waals surface area (Å²) < 4.78 is 0. The Bertz CT molecular complexity index is 287. The van der Waals surface area contributed by atoms with Crippen LogP contribution in [0, 0.1) is 0 Å². The van der Waals surface area contributed by atoms with Gasteiger partial charge in [0.1, 0.15) is 6.29 Å². The van der Waals surface area contributed by atoms with Gasteiger partial charge in [0.15, 0.2) is 0 Å². The zero-order chi connectivity index (χ0) is 10.6. The summed E-state index contributed by atoms with van der Waals surface area (Å²) in [5, 5.41) is 0. The molecule has 1 rings (SSSR count). The molecule has 0 aromatic heterocycles. The van der Waals surface area contributed by atoms with Crippen molar-refractivity contribution in [2.24, 2.45) is 0 Å². The molecule has 0 radical (unpaired) electrons. The molecule has 76 valence electrons. The maximum Gasteiger partial charge on any atom is 0.120 e. The van der Waals surface area contributed by atoms with Gasteiger partial charge in [0, 0.05) is 6.42 Å². The molecule has 0 aliphatic carbocycles. The number of aldehydes is 1. The molecule has 0 N–H and O–H groups in total. The van der Waals surface area contributed by atoms with E-state index in [9.17, 15) is 4.79 Å². The van der Waals surface area contributed by atoms with E-state index in [2.05, 4.69) is 31.8 Å². The highest BCUT2D eigenvalue weighted by Crippen LogP contribution is 2.28. The fourth-order valence-electron chi connectivity index (χ4n) is 1.77. The van der Waals surface area contributed by atoms with Crippen LogP contribution in [-0.2, 0) is 4.79 Å². The molecule has 2 heteroatoms. The van der Waals surface area contributed by atoms with Crippen LogP contribution < -0.4 is 0 Å². The average molecular weight is 206 g/mol. The van der Waals surface area contributed by atoms with Gasteiger partial charge in [0.2, 0.25) is 0 Å². The first-order chi connectivity index (χ1) is 6.55. The third-order valence-corrected chi connectivity index (χ3v) is 5.24. The van der Waals surface area contributed by atoms with Gasteiger partial charge in [-0.25, -0.2) is 0 Å². The molecule has 0 saturated heterocycles. The first kappa shape index (κ1) is 11.2. The quantitative estimate of drug-likeness (QED) is 0.546. The lowest BCUT2D eigenvalue weighted by molar-refractivity contribution is -0.107. The predicted octanol–water partition coefficient (Wildman–Crippen LogP) is 3.24. The van der Waals surface area contributed by atoms with Crippen molar-refractivity contribution in [3.8, 4) is 0 Å². The minimum Gasteiger partial charge on any atom is -0.303 e. The highest BCUT2D eigenvalue weighted by molar-refractivity contribution is 6.77. The molecule has 0 spiro atoms. The van der Waals surface area contributed by atoms with Gasteiger partial charge in [0.25, 0.3) is 0 Å². The van der Waals surface area contributed by atoms with E-state index >= 15 is 0 Å². The number of hydrogen-bond acceptors (Lipinski definition) is 1. The first-order valence-electron chi connectivity index (χ1n) is 5.04. The van der Waals surface area contributed by atoms with Gasteiger partial charge in [0.05, 0.1) is 8.07 Å². The number of hydrogen-bond donors (Lipinski definition) is 0. The average Bonchev–Trinajstić information content (AvgIpc) is 2.14. The summed E-state index contributed by atoms with van der Waals surface area (Å²) in [7, 11) is -1.28. The predicted molar refractivity (Wildman–Crippen MR) is 63.2 cm³/mol. The summed E-state index contributed by atoms with van der Waals surface area (Å²) in [4.78, 5) is 10.7. The van der Waals surface area contributed by atoms with Crippen molar-refractivity contribution in [3.05, 3.63) is 35.9 Å². The number of carbonyl (C=O) groups excluding carboxylic acids is 1. The molecule has 0 aliphatic rings. The van der Waals surface area contributed by atoms with Gasteiger partial charge in [-0.15, -0.1) is 0 Å². The molecular formula is C12H18OSi. The van der Waals surface area contributed by atoms with Crippen molar-refractivity contribution in [1.82, 2.24) is 0 Å². The molecule has 0 bridgehead atoms. The summed E-state index contributed by atoms with van der Waals surface area (Å²) in [5.74, 6) is 0. The van der Waals surface area contributed by atoms with Crippen LogP contribution in [0.2, 0.25) is 19.6 Å². The fourth-order valence-corrected chi connectivity index (χ4v) is 3.77. The van der Waals surface area contributed by atoms with Gasteiger partial charge < -0.3 is 4.79 Å². The Hall–Kier alpha value is -0.893. The van der Waals surface area contributed by atoms with Crippen LogP contribution in [0.5, 0.6) is 0 Å². The lowest BCUT2D eigenvalue weighted by Gasteiger charge is -2.27. The molecular weight excluding hydrogens is 188 g/mol. The van der Waals surface area contributed by atoms with Crippen molar-refractivity contribution in [1.29, 1.82) is 0 Å². The Balaban J connectivity index is 2.95. The van der Waals surface area contributed by atoms with Crippen LogP contribution in [-0.4, -0.2) is 14.4 Å². The zero-order valence-electron chi connectivity index (χ0n) is 9.16. The van der Waals surface area contributed by atoms with Crippen molar-refractivity contribution < 1.29 is 4.79 Å². The van der Waals surface area contributed by atoms with Gasteiger partial charge in [-0.3, -0.25) is 0 Å². The fraction of sp³-hybridized carbons (Fsp3) is 0.417. The monoisotopic (exact) mass is 206 g/mol. The molecule has 0 heterocycles. The molecule has 1 nitrogen and oxygen atoms in total. The minimum atomic E-state index is -1.28. The lowest BCUT2D eigenvalue weighted by Crippen LogP contribution is -2.31. The van der Waals surface area contributed by atoms with Gasteiger partial charge in [-0.1, -0.05) is 50.0 Å².